The fraction of sp³-hybridized carbons (Fsp3) is 0.538. The van der Waals surface area contributed by atoms with E-state index in [1.54, 1.807) is 0 Å². The summed E-state index contributed by atoms with van der Waals surface area (Å²) in [5.41, 5.74) is 5.01. The second kappa shape index (κ2) is 6.89. The molecule has 0 spiro atoms. The van der Waals surface area contributed by atoms with Gasteiger partial charge in [0.25, 0.3) is 0 Å². The lowest BCUT2D eigenvalue weighted by atomic mass is 10.1. The Morgan fingerprint density at radius 3 is 2.75 bits per heavy atom. The van der Waals surface area contributed by atoms with Gasteiger partial charge in [0.15, 0.2) is 5.82 Å². The first kappa shape index (κ1) is 17.8. The predicted octanol–water partition coefficient (Wildman–Crippen LogP) is 0.108. The monoisotopic (exact) mass is 347 g/mol. The number of hydrogen-bond donors (Lipinski definition) is 2. The van der Waals surface area contributed by atoms with Crippen molar-refractivity contribution in [2.75, 3.05) is 18.4 Å². The van der Waals surface area contributed by atoms with Crippen molar-refractivity contribution in [3.8, 4) is 0 Å². The zero-order valence-corrected chi connectivity index (χ0v) is 12.5. The van der Waals surface area contributed by atoms with Crippen LogP contribution in [0, 0.1) is 5.92 Å². The van der Waals surface area contributed by atoms with Crippen LogP contribution in [0.3, 0.4) is 0 Å². The SMILES string of the molecule is NC(=O)CCn1ccc(NC(=O)C2CC(=O)N(CC(F)(F)F)C2)n1. The van der Waals surface area contributed by atoms with Gasteiger partial charge in [-0.2, -0.15) is 18.3 Å². The molecule has 0 aliphatic carbocycles. The molecule has 132 valence electrons. The van der Waals surface area contributed by atoms with Crippen LogP contribution in [0.15, 0.2) is 12.3 Å². The van der Waals surface area contributed by atoms with Gasteiger partial charge < -0.3 is 16.0 Å². The molecule has 11 heteroatoms. The number of carbonyl (C=O) groups is 3. The highest BCUT2D eigenvalue weighted by Gasteiger charge is 2.40. The van der Waals surface area contributed by atoms with Gasteiger partial charge in [-0.05, 0) is 0 Å². The maximum absolute atomic E-state index is 12.3. The highest BCUT2D eigenvalue weighted by molar-refractivity contribution is 5.96. The van der Waals surface area contributed by atoms with Crippen molar-refractivity contribution in [3.63, 3.8) is 0 Å². The van der Waals surface area contributed by atoms with Gasteiger partial charge in [0, 0.05) is 38.2 Å². The summed E-state index contributed by atoms with van der Waals surface area (Å²) in [4.78, 5) is 34.9. The molecule has 8 nitrogen and oxygen atoms in total. The number of halogens is 3. The zero-order valence-electron chi connectivity index (χ0n) is 12.5. The number of nitrogens with two attached hydrogens (primary N) is 1. The van der Waals surface area contributed by atoms with E-state index < -0.39 is 36.4 Å². The third-order valence-corrected chi connectivity index (χ3v) is 3.43. The number of primary amides is 1. The largest absolute Gasteiger partial charge is 0.406 e. The molecule has 0 bridgehead atoms. The number of alkyl halides is 3. The van der Waals surface area contributed by atoms with Crippen LogP contribution in [0.2, 0.25) is 0 Å². The molecule has 0 radical (unpaired) electrons. The van der Waals surface area contributed by atoms with E-state index in [1.807, 2.05) is 0 Å². The van der Waals surface area contributed by atoms with Crippen molar-refractivity contribution in [2.24, 2.45) is 11.7 Å². The number of aromatic nitrogens is 2. The lowest BCUT2D eigenvalue weighted by Gasteiger charge is -2.18. The topological polar surface area (TPSA) is 110 Å². The minimum absolute atomic E-state index is 0.0819. The minimum atomic E-state index is -4.50. The Morgan fingerprint density at radius 1 is 1.42 bits per heavy atom. The second-order valence-corrected chi connectivity index (χ2v) is 5.46. The van der Waals surface area contributed by atoms with Crippen LogP contribution in [-0.4, -0.2) is 51.7 Å². The molecule has 0 saturated carbocycles. The second-order valence-electron chi connectivity index (χ2n) is 5.46. The van der Waals surface area contributed by atoms with Crippen LogP contribution in [0.25, 0.3) is 0 Å². The van der Waals surface area contributed by atoms with Crippen molar-refractivity contribution in [3.05, 3.63) is 12.3 Å². The molecule has 3 N–H and O–H groups in total. The highest BCUT2D eigenvalue weighted by atomic mass is 19.4. The summed E-state index contributed by atoms with van der Waals surface area (Å²) in [6.45, 7) is -1.41. The standard InChI is InChI=1S/C13H16F3N5O3/c14-13(15,16)7-20-6-8(5-11(20)23)12(24)18-10-2-4-21(19-10)3-1-9(17)22/h2,4,8H,1,3,5-7H2,(H2,17,22)(H,18,19,24). The molecule has 24 heavy (non-hydrogen) atoms. The fourth-order valence-electron chi connectivity index (χ4n) is 2.32. The normalized spacial score (nSPS) is 18.0. The van der Waals surface area contributed by atoms with E-state index in [4.69, 9.17) is 5.73 Å². The van der Waals surface area contributed by atoms with Gasteiger partial charge >= 0.3 is 6.18 Å². The summed E-state index contributed by atoms with van der Waals surface area (Å²) >= 11 is 0. The number of nitrogens with one attached hydrogen (secondary N) is 1. The molecule has 1 aliphatic heterocycles. The van der Waals surface area contributed by atoms with Crippen LogP contribution in [0.5, 0.6) is 0 Å². The van der Waals surface area contributed by atoms with Crippen molar-refractivity contribution >= 4 is 23.5 Å². The summed E-state index contributed by atoms with van der Waals surface area (Å²) in [6, 6.07) is 1.48. The number of hydrogen-bond acceptors (Lipinski definition) is 4. The average Bonchev–Trinajstić information content (AvgIpc) is 3.02. The van der Waals surface area contributed by atoms with E-state index in [1.165, 1.54) is 16.9 Å². The van der Waals surface area contributed by atoms with E-state index in [0.29, 0.717) is 4.90 Å². The third kappa shape index (κ3) is 4.96. The Bertz CT molecular complexity index is 643. The summed E-state index contributed by atoms with van der Waals surface area (Å²) in [5, 5.41) is 6.44. The highest BCUT2D eigenvalue weighted by Crippen LogP contribution is 2.24. The smallest absolute Gasteiger partial charge is 0.370 e. The van der Waals surface area contributed by atoms with Crippen LogP contribution < -0.4 is 11.1 Å². The molecule has 3 amide bonds. The molecule has 1 unspecified atom stereocenters. The molecule has 2 rings (SSSR count). The van der Waals surface area contributed by atoms with Crippen molar-refractivity contribution in [2.45, 2.75) is 25.6 Å². The summed E-state index contributed by atoms with van der Waals surface area (Å²) in [7, 11) is 0. The fourth-order valence-corrected chi connectivity index (χ4v) is 2.32. The van der Waals surface area contributed by atoms with Gasteiger partial charge in [-0.3, -0.25) is 19.1 Å². The molecular weight excluding hydrogens is 331 g/mol. The molecule has 1 aromatic rings. The predicted molar refractivity (Wildman–Crippen MR) is 75.4 cm³/mol. The molecule has 1 aliphatic rings. The van der Waals surface area contributed by atoms with Crippen LogP contribution in [0.1, 0.15) is 12.8 Å². The maximum atomic E-state index is 12.3. The molecule has 1 fully saturated rings. The number of anilines is 1. The van der Waals surface area contributed by atoms with Crippen molar-refractivity contribution < 1.29 is 27.6 Å². The van der Waals surface area contributed by atoms with Gasteiger partial charge in [-0.15, -0.1) is 0 Å². The maximum Gasteiger partial charge on any atom is 0.406 e. The van der Waals surface area contributed by atoms with Gasteiger partial charge in [0.2, 0.25) is 17.7 Å². The molecule has 0 aromatic carbocycles. The van der Waals surface area contributed by atoms with E-state index in [9.17, 15) is 27.6 Å². The summed E-state index contributed by atoms with van der Waals surface area (Å²) in [6.07, 6.45) is -3.17. The Kier molecular flexibility index (Phi) is 5.10. The first-order valence-electron chi connectivity index (χ1n) is 7.11. The Balaban J connectivity index is 1.89. The van der Waals surface area contributed by atoms with E-state index in [0.717, 1.165) is 0 Å². The zero-order chi connectivity index (χ0) is 17.9. The van der Waals surface area contributed by atoms with Crippen molar-refractivity contribution in [1.82, 2.24) is 14.7 Å². The number of aryl methyl sites for hydroxylation is 1. The van der Waals surface area contributed by atoms with Gasteiger partial charge in [0.1, 0.15) is 6.54 Å². The van der Waals surface area contributed by atoms with Crippen LogP contribution in [-0.2, 0) is 20.9 Å². The molecular formula is C13H16F3N5O3. The lowest BCUT2D eigenvalue weighted by molar-refractivity contribution is -0.157. The van der Waals surface area contributed by atoms with E-state index in [2.05, 4.69) is 10.4 Å². The number of rotatable bonds is 6. The Morgan fingerprint density at radius 2 is 2.12 bits per heavy atom. The Hall–Kier alpha value is -2.59. The number of carbonyl (C=O) groups excluding carboxylic acids is 3. The van der Waals surface area contributed by atoms with E-state index >= 15 is 0 Å². The Labute approximate surface area is 134 Å². The number of amides is 3. The van der Waals surface area contributed by atoms with Gasteiger partial charge in [-0.1, -0.05) is 0 Å². The van der Waals surface area contributed by atoms with E-state index in [-0.39, 0.29) is 31.7 Å². The minimum Gasteiger partial charge on any atom is -0.370 e. The van der Waals surface area contributed by atoms with Crippen molar-refractivity contribution in [1.29, 1.82) is 0 Å². The first-order valence-corrected chi connectivity index (χ1v) is 7.11. The molecule has 1 atom stereocenters. The molecule has 2 heterocycles. The number of nitrogens with zero attached hydrogens (tertiary/aromatic N) is 3. The third-order valence-electron chi connectivity index (χ3n) is 3.43. The average molecular weight is 347 g/mol. The summed E-state index contributed by atoms with van der Waals surface area (Å²) in [5.74, 6) is -2.46. The quantitative estimate of drug-likeness (QED) is 0.761. The lowest BCUT2D eigenvalue weighted by Crippen LogP contribution is -2.36. The van der Waals surface area contributed by atoms with Gasteiger partial charge in [0.05, 0.1) is 5.92 Å². The number of likely N-dealkylation sites (tertiary alicyclic amines) is 1. The first-order chi connectivity index (χ1) is 11.1. The summed E-state index contributed by atoms with van der Waals surface area (Å²) < 4.78 is 38.4. The van der Waals surface area contributed by atoms with Gasteiger partial charge in [-0.25, -0.2) is 0 Å². The van der Waals surface area contributed by atoms with Crippen LogP contribution in [0.4, 0.5) is 19.0 Å². The molecule has 1 aromatic heterocycles. The molecule has 1 saturated heterocycles. The van der Waals surface area contributed by atoms with Crippen LogP contribution >= 0.6 is 0 Å².